The van der Waals surface area contributed by atoms with Gasteiger partial charge in [0, 0.05) is 58.0 Å². The van der Waals surface area contributed by atoms with Crippen LogP contribution in [-0.4, -0.2) is 26.0 Å². The molecule has 49 heavy (non-hydrogen) atoms. The van der Waals surface area contributed by atoms with Gasteiger partial charge in [-0.25, -0.2) is 9.83 Å². The van der Waals surface area contributed by atoms with Crippen LogP contribution in [0.1, 0.15) is 23.1 Å². The van der Waals surface area contributed by atoms with Crippen molar-refractivity contribution in [2.45, 2.75) is 13.0 Å². The van der Waals surface area contributed by atoms with E-state index in [4.69, 9.17) is 34.8 Å². The predicted octanol–water partition coefficient (Wildman–Crippen LogP) is 6.37. The second-order valence-corrected chi connectivity index (χ2v) is 8.91. The maximum Gasteiger partial charge on any atom is 0 e. The molecule has 0 saturated carbocycles. The first-order chi connectivity index (χ1) is 23.2. The summed E-state index contributed by atoms with van der Waals surface area (Å²) in [5.74, 6) is 8.86. The molecule has 2 heterocycles. The number of aromatic nitrogens is 3. The molecule has 0 unspecified atom stereocenters. The number of benzene rings is 3. The molecule has 0 amide bonds. The van der Waals surface area contributed by atoms with Crippen molar-refractivity contribution < 1.29 is 57.4 Å². The number of pyridine rings is 1. The second kappa shape index (κ2) is 35.1. The van der Waals surface area contributed by atoms with E-state index in [0.717, 1.165) is 57.2 Å². The van der Waals surface area contributed by atoms with Crippen LogP contribution in [0.25, 0.3) is 27.4 Å². The molecule has 5 aromatic rings. The van der Waals surface area contributed by atoms with Gasteiger partial charge >= 0.3 is 56.5 Å². The average molecular weight is 768 g/mol. The van der Waals surface area contributed by atoms with Gasteiger partial charge in [0.25, 0.3) is 0 Å². The molecule has 0 atom stereocenters. The van der Waals surface area contributed by atoms with E-state index in [9.17, 15) is 0 Å². The van der Waals surface area contributed by atoms with Crippen LogP contribution < -0.4 is 0 Å². The Morgan fingerprint density at radius 2 is 1.14 bits per heavy atom. The first-order valence-electron chi connectivity index (χ1n) is 12.8. The van der Waals surface area contributed by atoms with Gasteiger partial charge in [-0.3, -0.25) is 4.98 Å². The molecule has 0 spiro atoms. The Morgan fingerprint density at radius 3 is 1.59 bits per heavy atom. The molecule has 248 valence electrons. The Hall–Kier alpha value is -4.23. The quantitative estimate of drug-likeness (QED) is 0.0675. The fourth-order valence-corrected chi connectivity index (χ4v) is 4.10. The molecule has 0 aliphatic carbocycles. The van der Waals surface area contributed by atoms with E-state index in [1.54, 1.807) is 18.3 Å². The Balaban J connectivity index is -0.000000521. The molecular formula is C36H24Fe2N4O5S2-2. The third kappa shape index (κ3) is 18.8. The molecule has 0 bridgehead atoms. The average Bonchev–Trinajstić information content (AvgIpc) is 3.54. The van der Waals surface area contributed by atoms with Gasteiger partial charge in [0.2, 0.25) is 0 Å². The third-order valence-electron chi connectivity index (χ3n) is 5.48. The molecule has 5 rings (SSSR count). The summed E-state index contributed by atoms with van der Waals surface area (Å²) in [4.78, 5) is 12.7. The third-order valence-corrected chi connectivity index (χ3v) is 6.06. The van der Waals surface area contributed by atoms with Crippen molar-refractivity contribution >= 4 is 42.0 Å². The smallest absolute Gasteiger partial charge is 0 e. The number of fused-ring (bicyclic) bond motifs is 1. The summed E-state index contributed by atoms with van der Waals surface area (Å²) in [7, 11) is 0. The minimum Gasteiger partial charge on any atom is -0.793 e. The monoisotopic (exact) mass is 768 g/mol. The molecule has 13 heteroatoms. The Labute approximate surface area is 318 Å². The number of para-hydroxylation sites is 2. The summed E-state index contributed by atoms with van der Waals surface area (Å²) in [5, 5.41) is 0. The van der Waals surface area contributed by atoms with Gasteiger partial charge in [-0.2, -0.15) is 11.5 Å². The molecule has 0 aliphatic heterocycles. The van der Waals surface area contributed by atoms with Crippen LogP contribution in [0.15, 0.2) is 97.2 Å². The van der Waals surface area contributed by atoms with E-state index < -0.39 is 0 Å². The zero-order valence-electron chi connectivity index (χ0n) is 25.4. The second-order valence-electron chi connectivity index (χ2n) is 8.09. The van der Waals surface area contributed by atoms with Crippen LogP contribution in [0, 0.1) is 51.7 Å². The number of nitrogens with zero attached hydrogens (tertiary/aromatic N) is 4. The van der Waals surface area contributed by atoms with Crippen molar-refractivity contribution in [2.24, 2.45) is 0 Å². The fraction of sp³-hybridized carbons (Fsp3) is 0.111. The Bertz CT molecular complexity index is 1770. The standard InChI is InChI=1S/C28H18N4.C3H8S2.5CO.2Fe/c1-29-24-17-15-22(16-18-24)10-9-21-11-13-23(14-12-21)20-32-27-8-3-2-6-25(27)31-28(32)26-7-4-5-19-30-26;4-2-1-3-5;5*1-2;;/h2-8,11-19H,20H2;4-5H,1-3H2;;;;;;;/p-2. The first kappa shape index (κ1) is 51.6. The van der Waals surface area contributed by atoms with Gasteiger partial charge in [-0.1, -0.05) is 72.9 Å². The first-order valence-corrected chi connectivity index (χ1v) is 14.0. The van der Waals surface area contributed by atoms with Crippen molar-refractivity contribution in [2.75, 3.05) is 11.5 Å². The van der Waals surface area contributed by atoms with Crippen LogP contribution in [0.2, 0.25) is 0 Å². The van der Waals surface area contributed by atoms with Gasteiger partial charge < -0.3 is 29.8 Å². The number of imidazole rings is 1. The molecule has 0 saturated heterocycles. The zero-order chi connectivity index (χ0) is 35.9. The summed E-state index contributed by atoms with van der Waals surface area (Å²) in [5.41, 5.74) is 6.53. The van der Waals surface area contributed by atoms with Gasteiger partial charge in [0.15, 0.2) is 11.5 Å². The van der Waals surface area contributed by atoms with E-state index in [2.05, 4.69) is 103 Å². The van der Waals surface area contributed by atoms with Gasteiger partial charge in [-0.05, 0) is 42.0 Å². The maximum atomic E-state index is 7.50. The van der Waals surface area contributed by atoms with E-state index in [0.29, 0.717) is 12.2 Å². The molecular weight excluding hydrogens is 744 g/mol. The van der Waals surface area contributed by atoms with Crippen LogP contribution >= 0.6 is 0 Å². The summed E-state index contributed by atoms with van der Waals surface area (Å²) in [6.07, 6.45) is 2.81. The molecule has 2 aromatic heterocycles. The molecule has 0 aliphatic rings. The van der Waals surface area contributed by atoms with E-state index in [1.807, 2.05) is 60.7 Å². The maximum absolute atomic E-state index is 7.50. The summed E-state index contributed by atoms with van der Waals surface area (Å²) >= 11 is 9.17. The molecule has 0 radical (unpaired) electrons. The van der Waals surface area contributed by atoms with Crippen molar-refractivity contribution in [1.82, 2.24) is 14.5 Å². The van der Waals surface area contributed by atoms with Gasteiger partial charge in [0.1, 0.15) is 5.69 Å². The van der Waals surface area contributed by atoms with E-state index >= 15 is 0 Å². The SMILES string of the molecule is [C-]#[N+]c1ccc(C#Cc2ccc(Cn3c(-c4ccccn4)nc4ccccc43)cc2)cc1.[C-]#[O+].[C-]#[O+].[C-]#[O+].[C-]#[O+].[C-]#[O+].[Fe].[Fe].[S-]CCC[S-]. The van der Waals surface area contributed by atoms with Crippen molar-refractivity contribution in [3.05, 3.63) is 159 Å². The molecule has 3 aromatic carbocycles. The normalized spacial score (nSPS) is 7.82. The van der Waals surface area contributed by atoms with Crippen LogP contribution in [0.4, 0.5) is 5.69 Å². The van der Waals surface area contributed by atoms with Crippen molar-refractivity contribution in [3.8, 4) is 23.4 Å². The predicted molar refractivity (Wildman–Crippen MR) is 176 cm³/mol. The minimum absolute atomic E-state index is 0. The minimum atomic E-state index is 0. The fourth-order valence-electron chi connectivity index (χ4n) is 3.62. The molecule has 9 nitrogen and oxygen atoms in total. The number of rotatable bonds is 5. The van der Waals surface area contributed by atoms with Crippen molar-refractivity contribution in [3.63, 3.8) is 0 Å². The zero-order valence-corrected chi connectivity index (χ0v) is 29.3. The molecule has 0 N–H and O–H groups in total. The van der Waals surface area contributed by atoms with Crippen LogP contribution in [0.3, 0.4) is 0 Å². The van der Waals surface area contributed by atoms with Crippen molar-refractivity contribution in [1.29, 1.82) is 0 Å². The van der Waals surface area contributed by atoms with Crippen LogP contribution in [-0.2, 0) is 89.2 Å². The van der Waals surface area contributed by atoms with Crippen LogP contribution in [0.5, 0.6) is 0 Å². The van der Waals surface area contributed by atoms with Gasteiger partial charge in [0.05, 0.1) is 17.6 Å². The summed E-state index contributed by atoms with van der Waals surface area (Å²) in [6.45, 7) is 30.2. The van der Waals surface area contributed by atoms with E-state index in [-0.39, 0.29) is 34.1 Å². The Morgan fingerprint density at radius 1 is 0.653 bits per heavy atom. The topological polar surface area (TPSA) is 135 Å². The number of hydrogen-bond donors (Lipinski definition) is 0. The molecule has 0 fully saturated rings. The Kier molecular flexibility index (Phi) is 36.9. The number of hydrogen-bond acceptors (Lipinski definition) is 4. The summed E-state index contributed by atoms with van der Waals surface area (Å²) in [6, 6.07) is 29.6. The largest absolute Gasteiger partial charge is 0.793 e. The van der Waals surface area contributed by atoms with E-state index in [1.165, 1.54) is 0 Å². The summed E-state index contributed by atoms with van der Waals surface area (Å²) < 4.78 is 39.7. The van der Waals surface area contributed by atoms with Gasteiger partial charge in [-0.15, -0.1) is 0 Å².